The van der Waals surface area contributed by atoms with Gasteiger partial charge in [0.05, 0.1) is 6.54 Å². The molecule has 0 spiro atoms. The first-order valence-electron chi connectivity index (χ1n) is 9.56. The molecule has 0 atom stereocenters. The van der Waals surface area contributed by atoms with Crippen molar-refractivity contribution in [3.05, 3.63) is 59.7 Å². The minimum atomic E-state index is -0.326. The van der Waals surface area contributed by atoms with Crippen LogP contribution in [0.4, 0.5) is 0 Å². The van der Waals surface area contributed by atoms with Crippen molar-refractivity contribution in [3.8, 4) is 11.1 Å². The molecule has 1 fully saturated rings. The Morgan fingerprint density at radius 3 is 2.30 bits per heavy atom. The van der Waals surface area contributed by atoms with Gasteiger partial charge in [0.2, 0.25) is 5.91 Å². The van der Waals surface area contributed by atoms with Gasteiger partial charge in [0.15, 0.2) is 0 Å². The van der Waals surface area contributed by atoms with Crippen molar-refractivity contribution in [1.82, 2.24) is 9.80 Å². The third-order valence-electron chi connectivity index (χ3n) is 4.97. The van der Waals surface area contributed by atoms with Gasteiger partial charge in [0.25, 0.3) is 5.91 Å². The summed E-state index contributed by atoms with van der Waals surface area (Å²) in [7, 11) is 0. The minimum absolute atomic E-state index is 0.0400. The summed E-state index contributed by atoms with van der Waals surface area (Å²) in [5.74, 6) is -0.286. The number of carbonyl (C=O) groups excluding carboxylic acids is 2. The van der Waals surface area contributed by atoms with Crippen molar-refractivity contribution < 1.29 is 9.59 Å². The zero-order chi connectivity index (χ0) is 19.2. The van der Waals surface area contributed by atoms with E-state index in [2.05, 4.69) is 31.2 Å². The molecule has 1 aliphatic rings. The van der Waals surface area contributed by atoms with E-state index in [1.165, 1.54) is 5.56 Å². The maximum absolute atomic E-state index is 12.9. The van der Waals surface area contributed by atoms with Crippen LogP contribution in [-0.4, -0.2) is 54.3 Å². The Morgan fingerprint density at radius 2 is 1.67 bits per heavy atom. The van der Waals surface area contributed by atoms with E-state index in [1.54, 1.807) is 0 Å². The van der Waals surface area contributed by atoms with Gasteiger partial charge in [-0.2, -0.15) is 0 Å². The monoisotopic (exact) mass is 365 g/mol. The van der Waals surface area contributed by atoms with Gasteiger partial charge in [-0.1, -0.05) is 49.7 Å². The molecular formula is C22H27N3O2. The fourth-order valence-electron chi connectivity index (χ4n) is 3.50. The lowest BCUT2D eigenvalue weighted by atomic mass is 10.00. The second-order valence-electron chi connectivity index (χ2n) is 7.06. The molecule has 2 aromatic rings. The molecule has 0 unspecified atom stereocenters. The molecule has 142 valence electrons. The zero-order valence-electron chi connectivity index (χ0n) is 15.9. The van der Waals surface area contributed by atoms with E-state index in [0.717, 1.165) is 24.0 Å². The molecule has 0 radical (unpaired) electrons. The number of piperazine rings is 1. The number of nitrogens with zero attached hydrogens (tertiary/aromatic N) is 2. The van der Waals surface area contributed by atoms with Gasteiger partial charge in [0.1, 0.15) is 0 Å². The molecule has 5 heteroatoms. The van der Waals surface area contributed by atoms with E-state index in [0.29, 0.717) is 31.7 Å². The van der Waals surface area contributed by atoms with Crippen molar-refractivity contribution in [2.24, 2.45) is 5.73 Å². The van der Waals surface area contributed by atoms with E-state index >= 15 is 0 Å². The number of hydrogen-bond donors (Lipinski definition) is 1. The fourth-order valence-corrected chi connectivity index (χ4v) is 3.50. The van der Waals surface area contributed by atoms with Crippen molar-refractivity contribution >= 4 is 11.8 Å². The van der Waals surface area contributed by atoms with E-state index in [9.17, 15) is 9.59 Å². The smallest absolute Gasteiger partial charge is 0.253 e. The van der Waals surface area contributed by atoms with Crippen molar-refractivity contribution in [1.29, 1.82) is 0 Å². The molecular weight excluding hydrogens is 338 g/mol. The van der Waals surface area contributed by atoms with Crippen LogP contribution in [0, 0.1) is 0 Å². The van der Waals surface area contributed by atoms with Crippen LogP contribution in [0.15, 0.2) is 48.5 Å². The standard InChI is InChI=1S/C22H27N3O2/c1-2-4-17-7-9-18(10-8-17)19-5-3-6-20(15-19)22(27)25-13-11-24(12-14-25)16-21(23)26/h3,5-10,15H,2,4,11-14,16H2,1H3,(H2,23,26). The highest BCUT2D eigenvalue weighted by molar-refractivity contribution is 5.95. The largest absolute Gasteiger partial charge is 0.369 e. The second-order valence-corrected chi connectivity index (χ2v) is 7.06. The number of hydrogen-bond acceptors (Lipinski definition) is 3. The molecule has 2 N–H and O–H groups in total. The lowest BCUT2D eigenvalue weighted by Gasteiger charge is -2.34. The Hall–Kier alpha value is -2.66. The highest BCUT2D eigenvalue weighted by Gasteiger charge is 2.23. The summed E-state index contributed by atoms with van der Waals surface area (Å²) in [6.07, 6.45) is 2.22. The van der Waals surface area contributed by atoms with Crippen LogP contribution < -0.4 is 5.73 Å². The highest BCUT2D eigenvalue weighted by Crippen LogP contribution is 2.22. The molecule has 0 aliphatic carbocycles. The number of amides is 2. The van der Waals surface area contributed by atoms with Gasteiger partial charge < -0.3 is 10.6 Å². The fraction of sp³-hybridized carbons (Fsp3) is 0.364. The number of aryl methyl sites for hydroxylation is 1. The predicted molar refractivity (Wildman–Crippen MR) is 107 cm³/mol. The minimum Gasteiger partial charge on any atom is -0.369 e. The maximum atomic E-state index is 12.9. The first kappa shape index (κ1) is 19.1. The SMILES string of the molecule is CCCc1ccc(-c2cccc(C(=O)N3CCN(CC(N)=O)CC3)c2)cc1. The quantitative estimate of drug-likeness (QED) is 0.855. The Bertz CT molecular complexity index is 793. The molecule has 1 saturated heterocycles. The Kier molecular flexibility index (Phi) is 6.24. The average molecular weight is 365 g/mol. The van der Waals surface area contributed by atoms with Gasteiger partial charge in [-0.3, -0.25) is 14.5 Å². The zero-order valence-corrected chi connectivity index (χ0v) is 15.9. The Balaban J connectivity index is 1.68. The van der Waals surface area contributed by atoms with Gasteiger partial charge in [-0.15, -0.1) is 0 Å². The van der Waals surface area contributed by atoms with Crippen LogP contribution in [0.1, 0.15) is 29.3 Å². The summed E-state index contributed by atoms with van der Waals surface area (Å²) >= 11 is 0. The summed E-state index contributed by atoms with van der Waals surface area (Å²) in [5.41, 5.74) is 9.46. The molecule has 1 aliphatic heterocycles. The molecule has 0 aromatic heterocycles. The third-order valence-corrected chi connectivity index (χ3v) is 4.97. The third kappa shape index (κ3) is 4.95. The van der Waals surface area contributed by atoms with Crippen molar-refractivity contribution in [2.75, 3.05) is 32.7 Å². The van der Waals surface area contributed by atoms with Crippen molar-refractivity contribution in [3.63, 3.8) is 0 Å². The molecule has 0 bridgehead atoms. The van der Waals surface area contributed by atoms with Crippen LogP contribution in [0.2, 0.25) is 0 Å². The lowest BCUT2D eigenvalue weighted by molar-refractivity contribution is -0.119. The predicted octanol–water partition coefficient (Wildman–Crippen LogP) is 2.55. The second kappa shape index (κ2) is 8.82. The number of primary amides is 1. The molecule has 3 rings (SSSR count). The molecule has 1 heterocycles. The molecule has 0 saturated carbocycles. The summed E-state index contributed by atoms with van der Waals surface area (Å²) in [4.78, 5) is 27.7. The number of rotatable bonds is 6. The van der Waals surface area contributed by atoms with Crippen LogP contribution in [0.3, 0.4) is 0 Å². The van der Waals surface area contributed by atoms with Crippen LogP contribution in [-0.2, 0) is 11.2 Å². The van der Waals surface area contributed by atoms with Gasteiger partial charge >= 0.3 is 0 Å². The molecule has 5 nitrogen and oxygen atoms in total. The average Bonchev–Trinajstić information content (AvgIpc) is 2.68. The van der Waals surface area contributed by atoms with E-state index in [4.69, 9.17) is 5.73 Å². The summed E-state index contributed by atoms with van der Waals surface area (Å²) in [5, 5.41) is 0. The van der Waals surface area contributed by atoms with E-state index in [-0.39, 0.29) is 18.4 Å². The normalized spacial score (nSPS) is 14.9. The van der Waals surface area contributed by atoms with Gasteiger partial charge in [-0.25, -0.2) is 0 Å². The molecule has 2 aromatic carbocycles. The first-order valence-corrected chi connectivity index (χ1v) is 9.56. The molecule has 27 heavy (non-hydrogen) atoms. The Morgan fingerprint density at radius 1 is 0.963 bits per heavy atom. The molecule has 2 amide bonds. The van der Waals surface area contributed by atoms with Crippen LogP contribution in [0.25, 0.3) is 11.1 Å². The summed E-state index contributed by atoms with van der Waals surface area (Å²) in [6, 6.07) is 16.4. The van der Waals surface area contributed by atoms with Crippen LogP contribution >= 0.6 is 0 Å². The van der Waals surface area contributed by atoms with E-state index < -0.39 is 0 Å². The van der Waals surface area contributed by atoms with Gasteiger partial charge in [-0.05, 0) is 35.2 Å². The number of carbonyl (C=O) groups is 2. The van der Waals surface area contributed by atoms with Gasteiger partial charge in [0, 0.05) is 31.7 Å². The Labute approximate surface area is 160 Å². The number of nitrogens with two attached hydrogens (primary N) is 1. The summed E-state index contributed by atoms with van der Waals surface area (Å²) < 4.78 is 0. The van der Waals surface area contributed by atoms with Crippen molar-refractivity contribution in [2.45, 2.75) is 19.8 Å². The number of benzene rings is 2. The maximum Gasteiger partial charge on any atom is 0.253 e. The lowest BCUT2D eigenvalue weighted by Crippen LogP contribution is -2.50. The van der Waals surface area contributed by atoms with Crippen LogP contribution in [0.5, 0.6) is 0 Å². The van der Waals surface area contributed by atoms with E-state index in [1.807, 2.05) is 34.1 Å². The first-order chi connectivity index (χ1) is 13.1. The highest BCUT2D eigenvalue weighted by atomic mass is 16.2. The summed E-state index contributed by atoms with van der Waals surface area (Å²) in [6.45, 7) is 5.01. The topological polar surface area (TPSA) is 66.6 Å².